The SMILES string of the molecule is O=C(c1ccc2c(c1)OCO2)[C@H]1[C@@H](c2ccccc2)[C@H]2CSCN2[C@@]12C(=O)Nc1ccc(F)cc12. The molecule has 0 aliphatic carbocycles. The summed E-state index contributed by atoms with van der Waals surface area (Å²) >= 11 is 1.74. The van der Waals surface area contributed by atoms with E-state index in [-0.39, 0.29) is 30.4 Å². The van der Waals surface area contributed by atoms with Crippen molar-refractivity contribution in [1.82, 2.24) is 4.90 Å². The maximum Gasteiger partial charge on any atom is 0.250 e. The van der Waals surface area contributed by atoms with Crippen LogP contribution < -0.4 is 14.8 Å². The molecule has 4 atom stereocenters. The van der Waals surface area contributed by atoms with Crippen LogP contribution in [0.3, 0.4) is 0 Å². The molecule has 0 aromatic heterocycles. The fourth-order valence-electron chi connectivity index (χ4n) is 6.33. The van der Waals surface area contributed by atoms with Gasteiger partial charge in [-0.2, -0.15) is 0 Å². The van der Waals surface area contributed by atoms with E-state index in [1.54, 1.807) is 36.0 Å². The summed E-state index contributed by atoms with van der Waals surface area (Å²) in [6.45, 7) is 0.106. The molecular formula is C27H21FN2O4S. The zero-order chi connectivity index (χ0) is 23.7. The number of anilines is 1. The van der Waals surface area contributed by atoms with Gasteiger partial charge in [-0.3, -0.25) is 14.5 Å². The van der Waals surface area contributed by atoms with Crippen LogP contribution >= 0.6 is 11.8 Å². The number of benzene rings is 3. The smallest absolute Gasteiger partial charge is 0.250 e. The lowest BCUT2D eigenvalue weighted by molar-refractivity contribution is -0.127. The number of nitrogens with zero attached hydrogens (tertiary/aromatic N) is 1. The number of rotatable bonds is 3. The molecule has 0 saturated carbocycles. The van der Waals surface area contributed by atoms with Gasteiger partial charge in [-0.1, -0.05) is 30.3 Å². The number of nitrogens with one attached hydrogen (secondary N) is 1. The third-order valence-electron chi connectivity index (χ3n) is 7.71. The maximum atomic E-state index is 14.6. The van der Waals surface area contributed by atoms with Crippen LogP contribution in [0.4, 0.5) is 10.1 Å². The molecule has 1 spiro atoms. The first-order valence-electron chi connectivity index (χ1n) is 11.5. The normalized spacial score (nSPS) is 28.3. The summed E-state index contributed by atoms with van der Waals surface area (Å²) < 4.78 is 25.6. The summed E-state index contributed by atoms with van der Waals surface area (Å²) in [5.74, 6) is 0.602. The van der Waals surface area contributed by atoms with Gasteiger partial charge in [-0.25, -0.2) is 4.39 Å². The Labute approximate surface area is 205 Å². The number of carbonyl (C=O) groups excluding carboxylic acids is 2. The number of Topliss-reactive ketones (excluding diaryl/α,β-unsaturated/α-hetero) is 1. The molecule has 176 valence electrons. The highest BCUT2D eigenvalue weighted by Crippen LogP contribution is 2.61. The number of ether oxygens (including phenoxy) is 2. The lowest BCUT2D eigenvalue weighted by Gasteiger charge is -2.36. The minimum atomic E-state index is -1.31. The number of ketones is 1. The van der Waals surface area contributed by atoms with Crippen molar-refractivity contribution in [2.45, 2.75) is 17.5 Å². The summed E-state index contributed by atoms with van der Waals surface area (Å²) in [5.41, 5.74) is 1.24. The van der Waals surface area contributed by atoms with Crippen LogP contribution in [-0.4, -0.2) is 41.1 Å². The van der Waals surface area contributed by atoms with Gasteiger partial charge in [0.25, 0.3) is 0 Å². The molecule has 0 unspecified atom stereocenters. The highest BCUT2D eigenvalue weighted by molar-refractivity contribution is 7.99. The lowest BCUT2D eigenvalue weighted by Crippen LogP contribution is -2.52. The van der Waals surface area contributed by atoms with E-state index in [0.29, 0.717) is 34.2 Å². The van der Waals surface area contributed by atoms with E-state index >= 15 is 0 Å². The molecule has 0 bridgehead atoms. The second kappa shape index (κ2) is 7.57. The van der Waals surface area contributed by atoms with Crippen LogP contribution in [0.1, 0.15) is 27.4 Å². The van der Waals surface area contributed by atoms with E-state index in [4.69, 9.17) is 9.47 Å². The first-order chi connectivity index (χ1) is 17.1. The Morgan fingerprint density at radius 3 is 2.74 bits per heavy atom. The second-order valence-electron chi connectivity index (χ2n) is 9.29. The Bertz CT molecular complexity index is 1380. The molecule has 8 heteroatoms. The highest BCUT2D eigenvalue weighted by atomic mass is 32.2. The Balaban J connectivity index is 1.47. The molecule has 0 radical (unpaired) electrons. The summed E-state index contributed by atoms with van der Waals surface area (Å²) in [7, 11) is 0. The van der Waals surface area contributed by atoms with Gasteiger partial charge in [0.05, 0.1) is 5.92 Å². The zero-order valence-corrected chi connectivity index (χ0v) is 19.4. The fraction of sp³-hybridized carbons (Fsp3) is 0.259. The van der Waals surface area contributed by atoms with E-state index in [0.717, 1.165) is 11.3 Å². The van der Waals surface area contributed by atoms with Gasteiger partial charge in [0.1, 0.15) is 11.4 Å². The summed E-state index contributed by atoms with van der Waals surface area (Å²) in [5, 5.41) is 2.97. The molecule has 6 nitrogen and oxygen atoms in total. The highest BCUT2D eigenvalue weighted by Gasteiger charge is 2.69. The van der Waals surface area contributed by atoms with Crippen molar-refractivity contribution in [3.8, 4) is 11.5 Å². The molecule has 2 saturated heterocycles. The van der Waals surface area contributed by atoms with Crippen LogP contribution in [-0.2, 0) is 10.3 Å². The van der Waals surface area contributed by atoms with E-state index in [2.05, 4.69) is 10.2 Å². The van der Waals surface area contributed by atoms with Crippen molar-refractivity contribution >= 4 is 29.1 Å². The van der Waals surface area contributed by atoms with Crippen molar-refractivity contribution in [2.24, 2.45) is 5.92 Å². The molecule has 1 N–H and O–H groups in total. The minimum Gasteiger partial charge on any atom is -0.454 e. The number of fused-ring (bicyclic) bond motifs is 5. The van der Waals surface area contributed by atoms with Crippen molar-refractivity contribution in [1.29, 1.82) is 0 Å². The van der Waals surface area contributed by atoms with Gasteiger partial charge in [0.15, 0.2) is 17.3 Å². The molecule has 4 aliphatic heterocycles. The number of halogens is 1. The minimum absolute atomic E-state index is 0.0506. The van der Waals surface area contributed by atoms with Gasteiger partial charge in [-0.15, -0.1) is 11.8 Å². The molecular weight excluding hydrogens is 467 g/mol. The maximum absolute atomic E-state index is 14.6. The van der Waals surface area contributed by atoms with Crippen LogP contribution in [0.2, 0.25) is 0 Å². The zero-order valence-electron chi connectivity index (χ0n) is 18.6. The number of amides is 1. The van der Waals surface area contributed by atoms with E-state index < -0.39 is 17.3 Å². The van der Waals surface area contributed by atoms with Gasteiger partial charge in [0, 0.05) is 40.4 Å². The van der Waals surface area contributed by atoms with Crippen LogP contribution in [0.5, 0.6) is 11.5 Å². The predicted octanol–water partition coefficient (Wildman–Crippen LogP) is 4.37. The Morgan fingerprint density at radius 2 is 1.89 bits per heavy atom. The van der Waals surface area contributed by atoms with E-state index in [9.17, 15) is 14.0 Å². The molecule has 4 aliphatic rings. The van der Waals surface area contributed by atoms with Gasteiger partial charge in [0.2, 0.25) is 12.7 Å². The summed E-state index contributed by atoms with van der Waals surface area (Å²) in [6, 6.07) is 19.3. The first-order valence-corrected chi connectivity index (χ1v) is 12.7. The number of thioether (sulfide) groups is 1. The van der Waals surface area contributed by atoms with E-state index in [1.807, 2.05) is 30.3 Å². The molecule has 4 heterocycles. The third kappa shape index (κ3) is 2.81. The van der Waals surface area contributed by atoms with Crippen LogP contribution in [0.25, 0.3) is 0 Å². The van der Waals surface area contributed by atoms with E-state index in [1.165, 1.54) is 12.1 Å². The third-order valence-corrected chi connectivity index (χ3v) is 8.74. The lowest BCUT2D eigenvalue weighted by atomic mass is 9.69. The molecule has 1 amide bonds. The Morgan fingerprint density at radius 1 is 1.06 bits per heavy atom. The Kier molecular flexibility index (Phi) is 4.53. The number of carbonyl (C=O) groups is 2. The van der Waals surface area contributed by atoms with Crippen molar-refractivity contribution in [3.63, 3.8) is 0 Å². The van der Waals surface area contributed by atoms with Crippen LogP contribution in [0.15, 0.2) is 66.7 Å². The number of hydrogen-bond donors (Lipinski definition) is 1. The largest absolute Gasteiger partial charge is 0.454 e. The Hall–Kier alpha value is -3.36. The average molecular weight is 489 g/mol. The average Bonchev–Trinajstić information content (AvgIpc) is 3.63. The fourth-order valence-corrected chi connectivity index (χ4v) is 7.65. The van der Waals surface area contributed by atoms with Gasteiger partial charge < -0.3 is 14.8 Å². The molecule has 2 fully saturated rings. The summed E-state index contributed by atoms with van der Waals surface area (Å²) in [4.78, 5) is 30.5. The predicted molar refractivity (Wildman–Crippen MR) is 129 cm³/mol. The molecule has 35 heavy (non-hydrogen) atoms. The first kappa shape index (κ1) is 21.0. The van der Waals surface area contributed by atoms with Gasteiger partial charge >= 0.3 is 0 Å². The molecule has 3 aromatic rings. The topological polar surface area (TPSA) is 67.9 Å². The number of hydrogen-bond acceptors (Lipinski definition) is 6. The quantitative estimate of drug-likeness (QED) is 0.553. The van der Waals surface area contributed by atoms with Crippen LogP contribution in [0, 0.1) is 11.7 Å². The van der Waals surface area contributed by atoms with Gasteiger partial charge in [-0.05, 0) is 42.0 Å². The monoisotopic (exact) mass is 488 g/mol. The van der Waals surface area contributed by atoms with Crippen molar-refractivity contribution in [3.05, 3.63) is 89.2 Å². The summed E-state index contributed by atoms with van der Waals surface area (Å²) in [6.07, 6.45) is 0. The van der Waals surface area contributed by atoms with Crippen molar-refractivity contribution in [2.75, 3.05) is 23.7 Å². The second-order valence-corrected chi connectivity index (χ2v) is 10.3. The standard InChI is InChI=1S/C27H21FN2O4S/c28-17-7-8-19-18(11-17)27(26(32)29-19)24(25(31)16-6-9-21-22(10-16)34-14-33-21)23(15-4-2-1-3-5-15)20-12-35-13-30(20)27/h1-11,20,23-24H,12-14H2,(H,29,32)/t20-,23+,24-,27-/m1/s1. The molecule has 7 rings (SSSR count). The van der Waals surface area contributed by atoms with Crippen molar-refractivity contribution < 1.29 is 23.5 Å². The molecule has 3 aromatic carbocycles.